The molecule has 5 unspecified atom stereocenters. The highest BCUT2D eigenvalue weighted by atomic mass is 35.5. The molecule has 33 heavy (non-hydrogen) atoms. The molecule has 1 saturated heterocycles. The van der Waals surface area contributed by atoms with E-state index in [-0.39, 0.29) is 19.8 Å². The zero-order valence-electron chi connectivity index (χ0n) is 19.2. The normalized spacial score (nSPS) is 24.6. The zero-order chi connectivity index (χ0) is 24.8. The van der Waals surface area contributed by atoms with Crippen molar-refractivity contribution >= 4 is 35.4 Å². The van der Waals surface area contributed by atoms with Crippen LogP contribution in [0.5, 0.6) is 0 Å². The first-order valence-electron chi connectivity index (χ1n) is 10.4. The molecule has 5 atom stereocenters. The molecule has 12 nitrogen and oxygen atoms in total. The number of rotatable bonds is 14. The Morgan fingerprint density at radius 3 is 1.94 bits per heavy atom. The van der Waals surface area contributed by atoms with Gasteiger partial charge in [0.15, 0.2) is 18.5 Å². The fourth-order valence-corrected chi connectivity index (χ4v) is 3.14. The van der Waals surface area contributed by atoms with Crippen molar-refractivity contribution in [2.24, 2.45) is 0 Å². The van der Waals surface area contributed by atoms with Crippen LogP contribution in [0.15, 0.2) is 0 Å². The quantitative estimate of drug-likeness (QED) is 0.149. The molecule has 0 aromatic heterocycles. The minimum Gasteiger partial charge on any atom is -0.463 e. The first-order chi connectivity index (χ1) is 15.6. The highest BCUT2D eigenvalue weighted by Gasteiger charge is 2.51. The van der Waals surface area contributed by atoms with Crippen molar-refractivity contribution in [1.29, 1.82) is 0 Å². The average molecular weight is 498 g/mol. The van der Waals surface area contributed by atoms with Gasteiger partial charge in [-0.25, -0.2) is 0 Å². The van der Waals surface area contributed by atoms with Gasteiger partial charge in [-0.3, -0.25) is 19.2 Å². The molecule has 0 aromatic rings. The Morgan fingerprint density at radius 2 is 1.39 bits per heavy atom. The number of carbonyl (C=O) groups is 4. The van der Waals surface area contributed by atoms with Gasteiger partial charge < -0.3 is 38.5 Å². The van der Waals surface area contributed by atoms with Crippen molar-refractivity contribution in [3.05, 3.63) is 0 Å². The lowest BCUT2D eigenvalue weighted by Crippen LogP contribution is -2.66. The molecule has 1 amide bonds. The molecule has 0 spiro atoms. The highest BCUT2D eigenvalue weighted by Crippen LogP contribution is 2.28. The third-order valence-electron chi connectivity index (χ3n) is 4.17. The summed E-state index contributed by atoms with van der Waals surface area (Å²) in [5, 5.41) is 2.61. The molecule has 0 saturated carbocycles. The van der Waals surface area contributed by atoms with Crippen LogP contribution < -0.4 is 5.32 Å². The average Bonchev–Trinajstić information content (AvgIpc) is 2.71. The van der Waals surface area contributed by atoms with E-state index in [0.29, 0.717) is 25.7 Å². The van der Waals surface area contributed by atoms with E-state index in [1.54, 1.807) is 0 Å². The van der Waals surface area contributed by atoms with Gasteiger partial charge in [0.1, 0.15) is 18.8 Å². The van der Waals surface area contributed by atoms with E-state index in [0.717, 1.165) is 6.92 Å². The topological polar surface area (TPSA) is 145 Å². The van der Waals surface area contributed by atoms with Crippen molar-refractivity contribution in [2.45, 2.75) is 58.3 Å². The minimum absolute atomic E-state index is 0.0571. The smallest absolute Gasteiger partial charge is 0.303 e. The van der Waals surface area contributed by atoms with E-state index < -0.39 is 54.5 Å². The molecule has 0 radical (unpaired) electrons. The minimum atomic E-state index is -1.17. The van der Waals surface area contributed by atoms with Crippen LogP contribution in [0, 0.1) is 0 Å². The monoisotopic (exact) mass is 497 g/mol. The molecule has 0 bridgehead atoms. The molecule has 0 aromatic carbocycles. The summed E-state index contributed by atoms with van der Waals surface area (Å²) in [5.74, 6) is -2.02. The lowest BCUT2D eigenvalue weighted by atomic mass is 9.96. The molecule has 13 heteroatoms. The molecule has 0 aliphatic carbocycles. The van der Waals surface area contributed by atoms with Gasteiger partial charge in [0.25, 0.3) is 0 Å². The maximum atomic E-state index is 11.8. The molecule has 1 aliphatic rings. The molecule has 1 rings (SSSR count). The van der Waals surface area contributed by atoms with Gasteiger partial charge in [-0.15, -0.1) is 11.6 Å². The summed E-state index contributed by atoms with van der Waals surface area (Å²) in [6.07, 6.45) is -4.49. The van der Waals surface area contributed by atoms with Crippen molar-refractivity contribution in [3.8, 4) is 0 Å². The number of hydrogen-bond donors (Lipinski definition) is 1. The van der Waals surface area contributed by atoms with Crippen LogP contribution in [0.2, 0.25) is 0 Å². The Morgan fingerprint density at radius 1 is 0.818 bits per heavy atom. The van der Waals surface area contributed by atoms with Crippen molar-refractivity contribution in [3.63, 3.8) is 0 Å². The van der Waals surface area contributed by atoms with Gasteiger partial charge in [-0.05, 0) is 0 Å². The largest absolute Gasteiger partial charge is 0.463 e. The number of carbonyl (C=O) groups excluding carboxylic acids is 4. The summed E-state index contributed by atoms with van der Waals surface area (Å²) in [7, 11) is 0. The Balaban J connectivity index is 2.95. The SMILES string of the molecule is CC(=O)NC1C(OCCOCCOCCCl)OC(COC(C)=O)C(OC(C)=O)C1OC(C)=O. The molecular weight excluding hydrogens is 466 g/mol. The third kappa shape index (κ3) is 11.6. The third-order valence-corrected chi connectivity index (χ3v) is 4.33. The number of alkyl halides is 1. The number of esters is 3. The molecular formula is C20H32ClNO11. The maximum Gasteiger partial charge on any atom is 0.303 e. The highest BCUT2D eigenvalue weighted by molar-refractivity contribution is 6.17. The number of amides is 1. The van der Waals surface area contributed by atoms with Crippen LogP contribution in [0.25, 0.3) is 0 Å². The van der Waals surface area contributed by atoms with Gasteiger partial charge in [-0.2, -0.15) is 0 Å². The van der Waals surface area contributed by atoms with Crippen molar-refractivity contribution in [2.75, 3.05) is 45.5 Å². The standard InChI is InChI=1S/C20H32ClNO11/c1-12(23)22-17-19(32-15(4)26)18(31-14(3)25)16(11-30-13(2)24)33-20(17)29-10-9-28-8-7-27-6-5-21/h16-20H,5-11H2,1-4H3,(H,22,23). The van der Waals surface area contributed by atoms with Crippen LogP contribution in [-0.4, -0.2) is 100.0 Å². The summed E-state index contributed by atoms with van der Waals surface area (Å²) in [4.78, 5) is 46.6. The van der Waals surface area contributed by atoms with Crippen LogP contribution in [0.4, 0.5) is 0 Å². The zero-order valence-corrected chi connectivity index (χ0v) is 20.0. The predicted molar refractivity (Wildman–Crippen MR) is 112 cm³/mol. The molecule has 1 fully saturated rings. The number of halogens is 1. The second-order valence-corrected chi connectivity index (χ2v) is 7.38. The van der Waals surface area contributed by atoms with Crippen molar-refractivity contribution in [1.82, 2.24) is 5.32 Å². The van der Waals surface area contributed by atoms with Crippen LogP contribution in [-0.2, 0) is 52.3 Å². The first kappa shape index (κ1) is 29.0. The summed E-state index contributed by atoms with van der Waals surface area (Å²) in [6, 6.07) is -1.02. The lowest BCUT2D eigenvalue weighted by Gasteiger charge is -2.44. The maximum absolute atomic E-state index is 11.8. The summed E-state index contributed by atoms with van der Waals surface area (Å²) < 4.78 is 37.9. The summed E-state index contributed by atoms with van der Waals surface area (Å²) >= 11 is 5.52. The van der Waals surface area contributed by atoms with Gasteiger partial charge in [0.2, 0.25) is 5.91 Å². The molecule has 1 heterocycles. The van der Waals surface area contributed by atoms with Crippen molar-refractivity contribution < 1.29 is 52.3 Å². The Kier molecular flexibility index (Phi) is 13.9. The summed E-state index contributed by atoms with van der Waals surface area (Å²) in [6.45, 7) is 5.84. The number of ether oxygens (including phenoxy) is 7. The van der Waals surface area contributed by atoms with Gasteiger partial charge in [-0.1, -0.05) is 0 Å². The molecule has 1 N–H and O–H groups in total. The Labute approximate surface area is 197 Å². The molecule has 190 valence electrons. The Hall–Kier alpha value is -1.99. The van der Waals surface area contributed by atoms with Crippen LogP contribution in [0.1, 0.15) is 27.7 Å². The summed E-state index contributed by atoms with van der Waals surface area (Å²) in [5.41, 5.74) is 0. The van der Waals surface area contributed by atoms with E-state index in [9.17, 15) is 19.2 Å². The second kappa shape index (κ2) is 15.8. The fraction of sp³-hybridized carbons (Fsp3) is 0.800. The van der Waals surface area contributed by atoms with E-state index >= 15 is 0 Å². The lowest BCUT2D eigenvalue weighted by molar-refractivity contribution is -0.279. The first-order valence-corrected chi connectivity index (χ1v) is 10.9. The number of hydrogen-bond acceptors (Lipinski definition) is 11. The molecule has 1 aliphatic heterocycles. The van der Waals surface area contributed by atoms with Crippen LogP contribution >= 0.6 is 11.6 Å². The van der Waals surface area contributed by atoms with Crippen LogP contribution in [0.3, 0.4) is 0 Å². The van der Waals surface area contributed by atoms with E-state index in [1.165, 1.54) is 20.8 Å². The number of nitrogens with one attached hydrogen (secondary N) is 1. The van der Waals surface area contributed by atoms with Gasteiger partial charge in [0.05, 0.1) is 33.0 Å². The Bertz CT molecular complexity index is 648. The van der Waals surface area contributed by atoms with Gasteiger partial charge >= 0.3 is 17.9 Å². The second-order valence-electron chi connectivity index (χ2n) is 7.00. The van der Waals surface area contributed by atoms with E-state index in [2.05, 4.69) is 5.32 Å². The predicted octanol–water partition coefficient (Wildman–Crippen LogP) is -0.0689. The van der Waals surface area contributed by atoms with E-state index in [4.69, 9.17) is 44.8 Å². The fourth-order valence-electron chi connectivity index (χ4n) is 3.03. The van der Waals surface area contributed by atoms with E-state index in [1.807, 2.05) is 0 Å². The van der Waals surface area contributed by atoms with Gasteiger partial charge in [0, 0.05) is 33.6 Å².